The highest BCUT2D eigenvalue weighted by molar-refractivity contribution is 7.89. The lowest BCUT2D eigenvalue weighted by molar-refractivity contribution is -0.115. The number of carbonyl (C=O) groups excluding carboxylic acids is 1. The molecule has 0 aromatic heterocycles. The van der Waals surface area contributed by atoms with Crippen LogP contribution < -0.4 is 10.6 Å². The Hall–Kier alpha value is -1.70. The van der Waals surface area contributed by atoms with Crippen LogP contribution in [0, 0.1) is 0 Å². The number of nitrogens with one attached hydrogen (secondary N) is 2. The molecular formula is C13H19N3O3S. The van der Waals surface area contributed by atoms with Crippen LogP contribution in [-0.4, -0.2) is 45.8 Å². The number of anilines is 1. The first-order valence-electron chi connectivity index (χ1n) is 6.02. The maximum Gasteiger partial charge on any atom is 0.242 e. The van der Waals surface area contributed by atoms with E-state index in [0.717, 1.165) is 4.31 Å². The number of sulfonamides is 1. The average Bonchev–Trinajstić information content (AvgIpc) is 2.39. The summed E-state index contributed by atoms with van der Waals surface area (Å²) in [7, 11) is -0.505. The molecule has 0 fully saturated rings. The van der Waals surface area contributed by atoms with E-state index in [1.807, 2.05) is 0 Å². The number of hydrogen-bond acceptors (Lipinski definition) is 4. The molecule has 0 aliphatic heterocycles. The molecule has 20 heavy (non-hydrogen) atoms. The fourth-order valence-corrected chi connectivity index (χ4v) is 2.32. The quantitative estimate of drug-likeness (QED) is 0.572. The van der Waals surface area contributed by atoms with E-state index in [9.17, 15) is 13.2 Å². The number of carbonyl (C=O) groups is 1. The second-order valence-electron chi connectivity index (χ2n) is 4.28. The average molecular weight is 297 g/mol. The van der Waals surface area contributed by atoms with Crippen LogP contribution in [0.25, 0.3) is 0 Å². The fourth-order valence-electron chi connectivity index (χ4n) is 1.41. The summed E-state index contributed by atoms with van der Waals surface area (Å²) in [6, 6.07) is 6.04. The molecule has 0 spiro atoms. The predicted molar refractivity (Wildman–Crippen MR) is 79.0 cm³/mol. The number of nitrogens with zero attached hydrogens (tertiary/aromatic N) is 1. The minimum atomic E-state index is -3.44. The largest absolute Gasteiger partial charge is 0.325 e. The molecule has 0 bridgehead atoms. The molecule has 0 aliphatic carbocycles. The van der Waals surface area contributed by atoms with Gasteiger partial charge in [0.05, 0.1) is 11.4 Å². The molecule has 0 atom stereocenters. The second kappa shape index (κ2) is 7.18. The van der Waals surface area contributed by atoms with Crippen molar-refractivity contribution in [3.63, 3.8) is 0 Å². The first kappa shape index (κ1) is 16.4. The van der Waals surface area contributed by atoms with E-state index in [0.29, 0.717) is 12.2 Å². The highest BCUT2D eigenvalue weighted by atomic mass is 32.2. The lowest BCUT2D eigenvalue weighted by Crippen LogP contribution is -2.28. The Morgan fingerprint density at radius 1 is 1.30 bits per heavy atom. The van der Waals surface area contributed by atoms with Crippen LogP contribution in [0.3, 0.4) is 0 Å². The second-order valence-corrected chi connectivity index (χ2v) is 6.43. The van der Waals surface area contributed by atoms with Crippen molar-refractivity contribution in [2.75, 3.05) is 32.5 Å². The first-order chi connectivity index (χ1) is 9.37. The molecule has 7 heteroatoms. The molecule has 0 heterocycles. The summed E-state index contributed by atoms with van der Waals surface area (Å²) in [5.74, 6) is -0.199. The molecule has 1 rings (SSSR count). The number of amides is 1. The van der Waals surface area contributed by atoms with Crippen molar-refractivity contribution in [2.45, 2.75) is 4.90 Å². The Morgan fingerprint density at radius 3 is 2.40 bits per heavy atom. The molecule has 0 unspecified atom stereocenters. The van der Waals surface area contributed by atoms with Crippen molar-refractivity contribution in [3.05, 3.63) is 36.9 Å². The fraction of sp³-hybridized carbons (Fsp3) is 0.308. The molecule has 0 aliphatic rings. The Morgan fingerprint density at radius 2 is 1.90 bits per heavy atom. The van der Waals surface area contributed by atoms with Crippen molar-refractivity contribution >= 4 is 21.6 Å². The SMILES string of the molecule is C=CCNCC(=O)Nc1ccc(S(=O)(=O)N(C)C)cc1. The van der Waals surface area contributed by atoms with E-state index in [2.05, 4.69) is 17.2 Å². The third-order valence-corrected chi connectivity index (χ3v) is 4.32. The van der Waals surface area contributed by atoms with Gasteiger partial charge in [0.1, 0.15) is 0 Å². The highest BCUT2D eigenvalue weighted by Gasteiger charge is 2.16. The minimum Gasteiger partial charge on any atom is -0.325 e. The van der Waals surface area contributed by atoms with E-state index >= 15 is 0 Å². The Bertz CT molecular complexity index is 565. The Kier molecular flexibility index (Phi) is 5.87. The van der Waals surface area contributed by atoms with Gasteiger partial charge >= 0.3 is 0 Å². The van der Waals surface area contributed by atoms with Gasteiger partial charge in [-0.2, -0.15) is 0 Å². The van der Waals surface area contributed by atoms with E-state index < -0.39 is 10.0 Å². The summed E-state index contributed by atoms with van der Waals surface area (Å²) in [5.41, 5.74) is 0.549. The number of hydrogen-bond donors (Lipinski definition) is 2. The number of rotatable bonds is 7. The first-order valence-corrected chi connectivity index (χ1v) is 7.46. The lowest BCUT2D eigenvalue weighted by Gasteiger charge is -2.12. The summed E-state index contributed by atoms with van der Waals surface area (Å²) < 4.78 is 24.9. The van der Waals surface area contributed by atoms with Crippen molar-refractivity contribution in [2.24, 2.45) is 0 Å². The Balaban J connectivity index is 2.68. The van der Waals surface area contributed by atoms with Crippen LogP contribution in [0.2, 0.25) is 0 Å². The molecule has 6 nitrogen and oxygen atoms in total. The predicted octanol–water partition coefficient (Wildman–Crippen LogP) is 0.651. The van der Waals surface area contributed by atoms with Gasteiger partial charge in [-0.25, -0.2) is 12.7 Å². The highest BCUT2D eigenvalue weighted by Crippen LogP contribution is 2.16. The molecule has 1 aromatic rings. The number of benzene rings is 1. The topological polar surface area (TPSA) is 78.5 Å². The standard InChI is InChI=1S/C13H19N3O3S/c1-4-9-14-10-13(17)15-11-5-7-12(8-6-11)20(18,19)16(2)3/h4-8,14H,1,9-10H2,2-3H3,(H,15,17). The summed E-state index contributed by atoms with van der Waals surface area (Å²) in [5, 5.41) is 5.54. The van der Waals surface area contributed by atoms with Crippen molar-refractivity contribution in [3.8, 4) is 0 Å². The normalized spacial score (nSPS) is 11.3. The van der Waals surface area contributed by atoms with Crippen molar-refractivity contribution < 1.29 is 13.2 Å². The van der Waals surface area contributed by atoms with Crippen LogP contribution in [0.15, 0.2) is 41.8 Å². The molecule has 1 amide bonds. The van der Waals surface area contributed by atoms with Gasteiger partial charge in [0.15, 0.2) is 0 Å². The molecule has 0 radical (unpaired) electrons. The lowest BCUT2D eigenvalue weighted by atomic mass is 10.3. The van der Waals surface area contributed by atoms with Crippen LogP contribution in [0.5, 0.6) is 0 Å². The molecule has 1 aromatic carbocycles. The van der Waals surface area contributed by atoms with Gasteiger partial charge in [-0.1, -0.05) is 6.08 Å². The van der Waals surface area contributed by atoms with Gasteiger partial charge in [-0.3, -0.25) is 4.79 Å². The zero-order chi connectivity index (χ0) is 15.2. The molecular weight excluding hydrogens is 278 g/mol. The van der Waals surface area contributed by atoms with Gasteiger partial charge < -0.3 is 10.6 Å². The van der Waals surface area contributed by atoms with Gasteiger partial charge in [0.2, 0.25) is 15.9 Å². The summed E-state index contributed by atoms with van der Waals surface area (Å²) in [4.78, 5) is 11.7. The van der Waals surface area contributed by atoms with E-state index in [-0.39, 0.29) is 17.3 Å². The third kappa shape index (κ3) is 4.44. The Labute approximate surface area is 119 Å². The van der Waals surface area contributed by atoms with Crippen LogP contribution in [-0.2, 0) is 14.8 Å². The molecule has 0 saturated carbocycles. The van der Waals surface area contributed by atoms with Crippen molar-refractivity contribution in [1.82, 2.24) is 9.62 Å². The van der Waals surface area contributed by atoms with Crippen molar-refractivity contribution in [1.29, 1.82) is 0 Å². The minimum absolute atomic E-state index is 0.170. The smallest absolute Gasteiger partial charge is 0.242 e. The van der Waals surface area contributed by atoms with Crippen LogP contribution in [0.4, 0.5) is 5.69 Å². The van der Waals surface area contributed by atoms with E-state index in [1.165, 1.54) is 26.2 Å². The molecule has 0 saturated heterocycles. The van der Waals surface area contributed by atoms with Crippen LogP contribution >= 0.6 is 0 Å². The monoisotopic (exact) mass is 297 g/mol. The van der Waals surface area contributed by atoms with Gasteiger partial charge in [-0.15, -0.1) is 6.58 Å². The maximum atomic E-state index is 11.9. The summed E-state index contributed by atoms with van der Waals surface area (Å²) in [6.07, 6.45) is 1.66. The zero-order valence-corrected chi connectivity index (χ0v) is 12.4. The third-order valence-electron chi connectivity index (χ3n) is 2.49. The zero-order valence-electron chi connectivity index (χ0n) is 11.6. The van der Waals surface area contributed by atoms with Gasteiger partial charge in [0, 0.05) is 26.3 Å². The van der Waals surface area contributed by atoms with E-state index in [4.69, 9.17) is 0 Å². The van der Waals surface area contributed by atoms with Gasteiger partial charge in [-0.05, 0) is 24.3 Å². The maximum absolute atomic E-state index is 11.9. The molecule has 2 N–H and O–H groups in total. The van der Waals surface area contributed by atoms with Crippen LogP contribution in [0.1, 0.15) is 0 Å². The van der Waals surface area contributed by atoms with Gasteiger partial charge in [0.25, 0.3) is 0 Å². The summed E-state index contributed by atoms with van der Waals surface area (Å²) in [6.45, 7) is 4.25. The summed E-state index contributed by atoms with van der Waals surface area (Å²) >= 11 is 0. The molecule has 110 valence electrons. The van der Waals surface area contributed by atoms with E-state index in [1.54, 1.807) is 18.2 Å².